The Bertz CT molecular complexity index is 935. The van der Waals surface area contributed by atoms with Gasteiger partial charge in [-0.1, -0.05) is 32.3 Å². The van der Waals surface area contributed by atoms with Crippen LogP contribution in [0.25, 0.3) is 10.8 Å². The molecular formula is C24H32N2O3. The molecule has 5 heteroatoms. The molecule has 0 atom stereocenters. The summed E-state index contributed by atoms with van der Waals surface area (Å²) < 4.78 is 1.63. The minimum Gasteiger partial charge on any atom is -0.388 e. The lowest BCUT2D eigenvalue weighted by molar-refractivity contribution is -0.121. The number of carbonyl (C=O) groups excluding carboxylic acids is 1. The first-order valence-corrected chi connectivity index (χ1v) is 11.1. The standard InChI is InChI=1S/C24H32N2O3/c1-17-8-10-18(11-9-17)22(27)25-21-7-5-6-20-19(21)12-15-26(23(20)28)16-24(29)13-3-2-4-14-24/h5-7,12,15,17-18,29H,2-4,8-11,13-14,16H2,1H3,(H,25,27)/t17-,18-. The largest absolute Gasteiger partial charge is 0.388 e. The van der Waals surface area contributed by atoms with E-state index < -0.39 is 5.60 Å². The van der Waals surface area contributed by atoms with Crippen LogP contribution in [0, 0.1) is 11.8 Å². The van der Waals surface area contributed by atoms with Crippen LogP contribution in [-0.4, -0.2) is 21.2 Å². The van der Waals surface area contributed by atoms with Crippen molar-refractivity contribution in [2.24, 2.45) is 11.8 Å². The van der Waals surface area contributed by atoms with Gasteiger partial charge in [-0.25, -0.2) is 0 Å². The quantitative estimate of drug-likeness (QED) is 0.801. The molecule has 0 spiro atoms. The first kappa shape index (κ1) is 20.1. The summed E-state index contributed by atoms with van der Waals surface area (Å²) in [5.41, 5.74) is -0.199. The van der Waals surface area contributed by atoms with Gasteiger partial charge >= 0.3 is 0 Å². The number of pyridine rings is 1. The van der Waals surface area contributed by atoms with Crippen molar-refractivity contribution in [1.29, 1.82) is 0 Å². The van der Waals surface area contributed by atoms with Gasteiger partial charge in [0.1, 0.15) is 0 Å². The zero-order valence-electron chi connectivity index (χ0n) is 17.3. The van der Waals surface area contributed by atoms with Crippen LogP contribution >= 0.6 is 0 Å². The Morgan fingerprint density at radius 1 is 1.10 bits per heavy atom. The first-order chi connectivity index (χ1) is 14.0. The topological polar surface area (TPSA) is 71.3 Å². The van der Waals surface area contributed by atoms with Gasteiger partial charge in [0.2, 0.25) is 5.91 Å². The lowest BCUT2D eigenvalue weighted by Crippen LogP contribution is -2.39. The van der Waals surface area contributed by atoms with E-state index in [9.17, 15) is 14.7 Å². The minimum absolute atomic E-state index is 0.0578. The molecule has 5 nitrogen and oxygen atoms in total. The summed E-state index contributed by atoms with van der Waals surface area (Å²) in [6.07, 6.45) is 10.5. The Labute approximate surface area is 172 Å². The van der Waals surface area contributed by atoms with Gasteiger partial charge in [-0.2, -0.15) is 0 Å². The number of hydrogen-bond donors (Lipinski definition) is 2. The van der Waals surface area contributed by atoms with Crippen molar-refractivity contribution in [3.05, 3.63) is 40.8 Å². The molecule has 0 bridgehead atoms. The molecule has 1 heterocycles. The van der Waals surface area contributed by atoms with Crippen LogP contribution in [0.5, 0.6) is 0 Å². The van der Waals surface area contributed by atoms with E-state index in [1.165, 1.54) is 0 Å². The van der Waals surface area contributed by atoms with Gasteiger partial charge in [-0.05, 0) is 62.6 Å². The number of fused-ring (bicyclic) bond motifs is 1. The van der Waals surface area contributed by atoms with E-state index in [1.54, 1.807) is 16.8 Å². The molecule has 0 aliphatic heterocycles. The summed E-state index contributed by atoms with van der Waals surface area (Å²) in [5, 5.41) is 15.3. The van der Waals surface area contributed by atoms with E-state index in [0.29, 0.717) is 23.5 Å². The first-order valence-electron chi connectivity index (χ1n) is 11.1. The third-order valence-electron chi connectivity index (χ3n) is 6.91. The minimum atomic E-state index is -0.792. The molecule has 1 aromatic carbocycles. The van der Waals surface area contributed by atoms with Gasteiger partial charge in [0.25, 0.3) is 5.56 Å². The fourth-order valence-corrected chi connectivity index (χ4v) is 4.99. The number of hydrogen-bond acceptors (Lipinski definition) is 3. The Morgan fingerprint density at radius 2 is 1.83 bits per heavy atom. The van der Waals surface area contributed by atoms with E-state index in [2.05, 4.69) is 12.2 Å². The van der Waals surface area contributed by atoms with Crippen molar-refractivity contribution in [3.63, 3.8) is 0 Å². The molecule has 0 saturated heterocycles. The van der Waals surface area contributed by atoms with Crippen molar-refractivity contribution in [2.45, 2.75) is 76.9 Å². The highest BCUT2D eigenvalue weighted by atomic mass is 16.3. The Kier molecular flexibility index (Phi) is 5.77. The summed E-state index contributed by atoms with van der Waals surface area (Å²) in [6, 6.07) is 7.38. The summed E-state index contributed by atoms with van der Waals surface area (Å²) in [4.78, 5) is 25.8. The van der Waals surface area contributed by atoms with E-state index >= 15 is 0 Å². The summed E-state index contributed by atoms with van der Waals surface area (Å²) in [5.74, 6) is 0.821. The summed E-state index contributed by atoms with van der Waals surface area (Å²) in [6.45, 7) is 2.58. The van der Waals surface area contributed by atoms with Crippen molar-refractivity contribution in [1.82, 2.24) is 4.57 Å². The highest BCUT2D eigenvalue weighted by Crippen LogP contribution is 2.31. The molecule has 1 aromatic heterocycles. The summed E-state index contributed by atoms with van der Waals surface area (Å²) in [7, 11) is 0. The number of anilines is 1. The maximum Gasteiger partial charge on any atom is 0.258 e. The fourth-order valence-electron chi connectivity index (χ4n) is 4.99. The second-order valence-electron chi connectivity index (χ2n) is 9.25. The van der Waals surface area contributed by atoms with Crippen molar-refractivity contribution in [2.75, 3.05) is 5.32 Å². The molecule has 29 heavy (non-hydrogen) atoms. The lowest BCUT2D eigenvalue weighted by Gasteiger charge is -2.32. The monoisotopic (exact) mass is 396 g/mol. The fraction of sp³-hybridized carbons (Fsp3) is 0.583. The number of aliphatic hydroxyl groups is 1. The van der Waals surface area contributed by atoms with Crippen LogP contribution in [0.4, 0.5) is 5.69 Å². The third-order valence-corrected chi connectivity index (χ3v) is 6.91. The number of benzene rings is 1. The maximum atomic E-state index is 13.1. The molecule has 2 N–H and O–H groups in total. The van der Waals surface area contributed by atoms with Crippen LogP contribution in [0.2, 0.25) is 0 Å². The summed E-state index contributed by atoms with van der Waals surface area (Å²) >= 11 is 0. The van der Waals surface area contributed by atoms with E-state index in [0.717, 1.165) is 63.2 Å². The zero-order chi connectivity index (χ0) is 20.4. The highest BCUT2D eigenvalue weighted by Gasteiger charge is 2.30. The van der Waals surface area contributed by atoms with Crippen LogP contribution in [0.3, 0.4) is 0 Å². The second kappa shape index (κ2) is 8.31. The highest BCUT2D eigenvalue weighted by molar-refractivity contribution is 6.02. The van der Waals surface area contributed by atoms with Gasteiger partial charge in [-0.3, -0.25) is 9.59 Å². The number of amides is 1. The second-order valence-corrected chi connectivity index (χ2v) is 9.25. The van der Waals surface area contributed by atoms with E-state index in [1.807, 2.05) is 18.2 Å². The Balaban J connectivity index is 1.56. The number of nitrogens with zero attached hydrogens (tertiary/aromatic N) is 1. The Morgan fingerprint density at radius 3 is 2.55 bits per heavy atom. The van der Waals surface area contributed by atoms with Crippen LogP contribution in [0.1, 0.15) is 64.7 Å². The smallest absolute Gasteiger partial charge is 0.258 e. The molecule has 4 rings (SSSR count). The van der Waals surface area contributed by atoms with Crippen LogP contribution in [-0.2, 0) is 11.3 Å². The predicted molar refractivity (Wildman–Crippen MR) is 116 cm³/mol. The van der Waals surface area contributed by atoms with Gasteiger partial charge < -0.3 is 15.0 Å². The molecule has 1 amide bonds. The number of rotatable bonds is 4. The van der Waals surface area contributed by atoms with Gasteiger partial charge in [0.15, 0.2) is 0 Å². The average Bonchev–Trinajstić information content (AvgIpc) is 2.71. The predicted octanol–water partition coefficient (Wildman–Crippen LogP) is 4.46. The molecule has 2 aliphatic rings. The maximum absolute atomic E-state index is 13.1. The molecule has 156 valence electrons. The van der Waals surface area contributed by atoms with Crippen molar-refractivity contribution in [3.8, 4) is 0 Å². The Hall–Kier alpha value is -2.14. The molecule has 2 aromatic rings. The van der Waals surface area contributed by atoms with Gasteiger partial charge in [0, 0.05) is 28.6 Å². The van der Waals surface area contributed by atoms with Crippen LogP contribution in [0.15, 0.2) is 35.3 Å². The number of carbonyl (C=O) groups is 1. The number of aromatic nitrogens is 1. The van der Waals surface area contributed by atoms with Gasteiger partial charge in [0.05, 0.1) is 12.1 Å². The molecule has 2 saturated carbocycles. The SMILES string of the molecule is C[C@H]1CC[C@H](C(=O)Nc2cccc3c(=O)n(CC4(O)CCCCC4)ccc23)CC1. The van der Waals surface area contributed by atoms with Crippen molar-refractivity contribution < 1.29 is 9.90 Å². The van der Waals surface area contributed by atoms with Gasteiger partial charge in [-0.15, -0.1) is 0 Å². The molecule has 0 unspecified atom stereocenters. The molecule has 0 radical (unpaired) electrons. The molecule has 2 fully saturated rings. The third kappa shape index (κ3) is 4.40. The molecule has 2 aliphatic carbocycles. The van der Waals surface area contributed by atoms with E-state index in [4.69, 9.17) is 0 Å². The lowest BCUT2D eigenvalue weighted by atomic mass is 9.82. The number of nitrogens with one attached hydrogen (secondary N) is 1. The zero-order valence-corrected chi connectivity index (χ0v) is 17.3. The van der Waals surface area contributed by atoms with Crippen molar-refractivity contribution >= 4 is 22.4 Å². The van der Waals surface area contributed by atoms with E-state index in [-0.39, 0.29) is 17.4 Å². The van der Waals surface area contributed by atoms with Crippen LogP contribution < -0.4 is 10.9 Å². The average molecular weight is 397 g/mol. The normalized spacial score (nSPS) is 24.3. The molecular weight excluding hydrogens is 364 g/mol.